The second-order valence-corrected chi connectivity index (χ2v) is 31.1. The van der Waals surface area contributed by atoms with Crippen LogP contribution in [0.15, 0.2) is 190 Å². The Balaban J connectivity index is 0.000000114. The standard InChI is InChI=1S/C22H21F3N6O.C22H21N7O.C22H24N6O.C20H21N7O/c1-14-11-30-12-15(9-17(21(30)26-14)22(23,24)25)18-10-20(32)31-13-16(3-4-19(31)27-18)29-7-5-28(2)6-8-29;1-15-12-28-13-17(9-16(11-23)22(28)24-15)19-10-21(30)29-14-18(3-4-20(29)25-19)27-7-5-26(2)6-8-27;1-15-10-17(13-27-12-16(2)23-22(15)27)19-11-21(29)28-14-18(4-5-20(28)24-19)26-8-6-25(3)7-9-26;1-14-21-19-5-3-15(12-27(19)23-14)17-11-20(28)26-13-16(4-6-18(26)22-17)25-9-7-24(2)8-10-25/h3-4,9-13H,5-8H2,1-2H3;3-4,9-10,12-14H,5-8H2,1-2H3;4-5,10-14H,6-9H2,1-3H3;3-6,11-13H,7-10H2,1-2H3. The second-order valence-electron chi connectivity index (χ2n) is 31.1. The van der Waals surface area contributed by atoms with E-state index in [1.54, 1.807) is 55.1 Å². The summed E-state index contributed by atoms with van der Waals surface area (Å²) in [6.07, 6.45) is 15.4. The molecule has 16 aromatic rings. The van der Waals surface area contributed by atoms with Gasteiger partial charge < -0.3 is 52.4 Å². The largest absolute Gasteiger partial charge is 0.420 e. The highest BCUT2D eigenvalue weighted by molar-refractivity contribution is 5.72. The van der Waals surface area contributed by atoms with Crippen molar-refractivity contribution in [1.29, 1.82) is 5.26 Å². The first kappa shape index (κ1) is 78.0. The van der Waals surface area contributed by atoms with E-state index in [4.69, 9.17) is 9.97 Å². The van der Waals surface area contributed by atoms with Crippen LogP contribution in [0.1, 0.15) is 39.6 Å². The maximum absolute atomic E-state index is 13.7. The van der Waals surface area contributed by atoms with Gasteiger partial charge in [-0.2, -0.15) is 23.5 Å². The van der Waals surface area contributed by atoms with Crippen LogP contribution in [-0.4, -0.2) is 233 Å². The highest BCUT2D eigenvalue weighted by Gasteiger charge is 2.35. The van der Waals surface area contributed by atoms with Gasteiger partial charge in [0.1, 0.15) is 45.8 Å². The number of pyridine rings is 8. The van der Waals surface area contributed by atoms with Gasteiger partial charge in [0.25, 0.3) is 22.2 Å². The predicted octanol–water partition coefficient (Wildman–Crippen LogP) is 8.87. The van der Waals surface area contributed by atoms with Crippen molar-refractivity contribution >= 4 is 67.9 Å². The average molecular weight is 1610 g/mol. The SMILES string of the molecule is Cc1cn2cc(-c3cc(=O)n4cc(N5CCN(C)CC5)ccc4n3)cc(C#N)c2n1.Cc1cn2cc(-c3cc(=O)n4cc(N5CCN(C)CC5)ccc4n3)cc(C(F)(F)F)c2n1.Cc1cn2cc(-c3cc(=O)n4cc(N5CCN(C)CC5)ccc4n3)cc(C)c2n1.Cc1nc2ccc(-c3cc(=O)n4cc(N5CCN(C)CC5)ccc4n3)cn2n1. The first-order chi connectivity index (χ1) is 57.2. The van der Waals surface area contributed by atoms with E-state index in [1.165, 1.54) is 33.3 Å². The maximum atomic E-state index is 13.7. The summed E-state index contributed by atoms with van der Waals surface area (Å²) in [6.45, 7) is 24.8. The summed E-state index contributed by atoms with van der Waals surface area (Å²) in [5, 5.41) is 13.9. The molecule has 30 nitrogen and oxygen atoms in total. The van der Waals surface area contributed by atoms with Crippen molar-refractivity contribution in [2.24, 2.45) is 0 Å². The Kier molecular flexibility index (Phi) is 20.9. The summed E-state index contributed by atoms with van der Waals surface area (Å²) in [6, 6.07) is 32.2. The lowest BCUT2D eigenvalue weighted by Crippen LogP contribution is -2.44. The molecule has 0 radical (unpaired) electrons. The summed E-state index contributed by atoms with van der Waals surface area (Å²) in [5.41, 5.74) is 15.4. The quantitative estimate of drug-likeness (QED) is 0.137. The van der Waals surface area contributed by atoms with E-state index >= 15 is 0 Å². The zero-order chi connectivity index (χ0) is 82.8. The molecule has 0 bridgehead atoms. The predicted molar refractivity (Wildman–Crippen MR) is 453 cm³/mol. The van der Waals surface area contributed by atoms with Gasteiger partial charge in [0.05, 0.1) is 73.7 Å². The third-order valence-corrected chi connectivity index (χ3v) is 22.3. The highest BCUT2D eigenvalue weighted by atomic mass is 19.4. The highest BCUT2D eigenvalue weighted by Crippen LogP contribution is 2.36. The van der Waals surface area contributed by atoms with E-state index in [-0.39, 0.29) is 39.1 Å². The number of alkyl halides is 3. The fourth-order valence-electron chi connectivity index (χ4n) is 15.7. The van der Waals surface area contributed by atoms with Crippen molar-refractivity contribution in [3.63, 3.8) is 0 Å². The molecule has 0 unspecified atom stereocenters. The number of rotatable bonds is 8. The number of piperazine rings is 4. The number of hydrogen-bond acceptors (Lipinski definition) is 22. The smallest absolute Gasteiger partial charge is 0.368 e. The van der Waals surface area contributed by atoms with Gasteiger partial charge in [-0.05, 0) is 147 Å². The summed E-state index contributed by atoms with van der Waals surface area (Å²) in [5.74, 6) is 0.708. The van der Waals surface area contributed by atoms with Crippen LogP contribution in [0.4, 0.5) is 35.9 Å². The normalized spacial score (nSPS) is 15.5. The number of hydrogen-bond donors (Lipinski definition) is 0. The molecule has 606 valence electrons. The van der Waals surface area contributed by atoms with E-state index in [1.807, 2.05) is 141 Å². The molecule has 33 heteroatoms. The van der Waals surface area contributed by atoms with Crippen molar-refractivity contribution in [2.75, 3.05) is 153 Å². The minimum absolute atomic E-state index is 0.0689. The number of halogens is 3. The van der Waals surface area contributed by atoms with Crippen LogP contribution in [0.5, 0.6) is 0 Å². The van der Waals surface area contributed by atoms with E-state index in [0.717, 1.165) is 173 Å². The van der Waals surface area contributed by atoms with Crippen LogP contribution >= 0.6 is 0 Å². The van der Waals surface area contributed by atoms with Gasteiger partial charge in [0.2, 0.25) is 0 Å². The van der Waals surface area contributed by atoms with Crippen LogP contribution in [0.25, 0.3) is 90.2 Å². The zero-order valence-electron chi connectivity index (χ0n) is 67.4. The maximum Gasteiger partial charge on any atom is 0.420 e. The number of anilines is 4. The number of aryl methyl sites for hydroxylation is 5. The molecule has 4 aliphatic rings. The fraction of sp³-hybridized carbons (Fsp3) is 0.302. The van der Waals surface area contributed by atoms with E-state index in [0.29, 0.717) is 68.0 Å². The van der Waals surface area contributed by atoms with Crippen molar-refractivity contribution in [3.05, 3.63) is 252 Å². The van der Waals surface area contributed by atoms with Crippen LogP contribution in [0.3, 0.4) is 0 Å². The van der Waals surface area contributed by atoms with Gasteiger partial charge >= 0.3 is 6.18 Å². The molecular weight excluding hydrogens is 1520 g/mol. The summed E-state index contributed by atoms with van der Waals surface area (Å²) < 4.78 is 54.1. The molecule has 4 fully saturated rings. The number of fused-ring (bicyclic) bond motifs is 8. The van der Waals surface area contributed by atoms with E-state index in [9.17, 15) is 37.6 Å². The monoisotopic (exact) mass is 1600 g/mol. The number of nitrogens with zero attached hydrogens (tertiary/aromatic N) is 26. The number of nitriles is 1. The Morgan fingerprint density at radius 2 is 0.664 bits per heavy atom. The molecule has 0 N–H and O–H groups in total. The molecular formula is C86H87F3N26O4. The van der Waals surface area contributed by atoms with Crippen LogP contribution < -0.4 is 41.8 Å². The Hall–Kier alpha value is -13.6. The molecule has 20 rings (SSSR count). The topological polar surface area (TPSA) is 269 Å². The minimum Gasteiger partial charge on any atom is -0.368 e. The number of imidazole rings is 3. The van der Waals surface area contributed by atoms with Gasteiger partial charge in [-0.15, -0.1) is 0 Å². The lowest BCUT2D eigenvalue weighted by molar-refractivity contribution is -0.136. The van der Waals surface area contributed by atoms with Gasteiger partial charge in [-0.25, -0.2) is 44.4 Å². The Bertz CT molecular complexity index is 6920. The molecule has 0 saturated carbocycles. The van der Waals surface area contributed by atoms with Crippen LogP contribution in [-0.2, 0) is 6.18 Å². The minimum atomic E-state index is -4.58. The van der Waals surface area contributed by atoms with Crippen molar-refractivity contribution in [3.8, 4) is 51.1 Å². The molecule has 0 aliphatic carbocycles. The molecule has 4 aliphatic heterocycles. The first-order valence-corrected chi connectivity index (χ1v) is 39.4. The average Bonchev–Trinajstić information content (AvgIpc) is 1.71. The molecule has 16 aromatic heterocycles. The number of aromatic nitrogens is 17. The van der Waals surface area contributed by atoms with Gasteiger partial charge in [-0.3, -0.25) is 36.8 Å². The van der Waals surface area contributed by atoms with E-state index in [2.05, 4.69) is 115 Å². The lowest BCUT2D eigenvalue weighted by atomic mass is 10.1. The van der Waals surface area contributed by atoms with Crippen molar-refractivity contribution in [2.45, 2.75) is 40.8 Å². The van der Waals surface area contributed by atoms with Gasteiger partial charge in [0.15, 0.2) is 11.3 Å². The van der Waals surface area contributed by atoms with Crippen LogP contribution in [0, 0.1) is 45.9 Å². The zero-order valence-corrected chi connectivity index (χ0v) is 67.4. The lowest BCUT2D eigenvalue weighted by Gasteiger charge is -2.34. The first-order valence-electron chi connectivity index (χ1n) is 39.4. The number of likely N-dealkylation sites (N-methyl/N-ethyl adjacent to an activating group) is 4. The Labute approximate surface area is 679 Å². The molecule has 4 saturated heterocycles. The van der Waals surface area contributed by atoms with E-state index < -0.39 is 11.7 Å². The second kappa shape index (κ2) is 31.8. The molecule has 0 amide bonds. The molecule has 0 spiro atoms. The molecule has 0 atom stereocenters. The van der Waals surface area contributed by atoms with Gasteiger partial charge in [-0.1, -0.05) is 0 Å². The van der Waals surface area contributed by atoms with Crippen molar-refractivity contribution < 1.29 is 13.2 Å². The van der Waals surface area contributed by atoms with Crippen molar-refractivity contribution in [1.82, 2.24) is 99.9 Å². The third-order valence-electron chi connectivity index (χ3n) is 22.3. The fourth-order valence-corrected chi connectivity index (χ4v) is 15.7. The van der Waals surface area contributed by atoms with Gasteiger partial charge in [0, 0.05) is 219 Å². The molecule has 0 aromatic carbocycles. The molecule has 119 heavy (non-hydrogen) atoms. The Morgan fingerprint density at radius 3 is 1.04 bits per heavy atom. The Morgan fingerprint density at radius 1 is 0.336 bits per heavy atom. The van der Waals surface area contributed by atoms with Crippen LogP contribution in [0.2, 0.25) is 0 Å². The summed E-state index contributed by atoms with van der Waals surface area (Å²) >= 11 is 0. The summed E-state index contributed by atoms with van der Waals surface area (Å²) in [4.78, 5) is 106. The summed E-state index contributed by atoms with van der Waals surface area (Å²) in [7, 11) is 8.46. The molecule has 20 heterocycles. The third kappa shape index (κ3) is 16.3.